The van der Waals surface area contributed by atoms with Gasteiger partial charge in [-0.1, -0.05) is 35.9 Å². The molecule has 216 valence electrons. The predicted octanol–water partition coefficient (Wildman–Crippen LogP) is 4.81. The minimum Gasteiger partial charge on any atom is -0.366 e. The van der Waals surface area contributed by atoms with Crippen molar-refractivity contribution in [2.45, 2.75) is 74.3 Å². The van der Waals surface area contributed by atoms with Gasteiger partial charge in [-0.2, -0.15) is 17.5 Å². The van der Waals surface area contributed by atoms with Crippen LogP contribution < -0.4 is 10.6 Å². The van der Waals surface area contributed by atoms with Crippen LogP contribution in [-0.4, -0.2) is 54.3 Å². The fraction of sp³-hybridized carbons (Fsp3) is 0.481. The van der Waals surface area contributed by atoms with E-state index in [0.717, 1.165) is 0 Å². The van der Waals surface area contributed by atoms with Crippen molar-refractivity contribution in [1.82, 2.24) is 14.9 Å². The van der Waals surface area contributed by atoms with Gasteiger partial charge >= 0.3 is 6.18 Å². The fourth-order valence-electron chi connectivity index (χ4n) is 6.06. The SMILES string of the molecule is CC1(C)NC(C23CC(N(Cc4ccc(F)c(Cl)c4)S(=O)(=O)c4ccccc4)(C2)C3)=N[C@H]1C(=O)NCCC(F)(F)F. The summed E-state index contributed by atoms with van der Waals surface area (Å²) in [5, 5.41) is 5.50. The smallest absolute Gasteiger partial charge is 0.366 e. The molecule has 6 rings (SSSR count). The molecule has 0 aromatic heterocycles. The van der Waals surface area contributed by atoms with Crippen LogP contribution in [-0.2, 0) is 21.4 Å². The fourth-order valence-corrected chi connectivity index (χ4v) is 8.04. The van der Waals surface area contributed by atoms with Crippen molar-refractivity contribution in [1.29, 1.82) is 0 Å². The van der Waals surface area contributed by atoms with Crippen LogP contribution in [0.1, 0.15) is 45.1 Å². The first-order valence-corrected chi connectivity index (χ1v) is 14.6. The Morgan fingerprint density at radius 1 is 1.15 bits per heavy atom. The molecule has 4 aliphatic rings. The number of nitrogens with one attached hydrogen (secondary N) is 2. The maximum absolute atomic E-state index is 13.8. The summed E-state index contributed by atoms with van der Waals surface area (Å²) >= 11 is 5.97. The van der Waals surface area contributed by atoms with Gasteiger partial charge in [0.25, 0.3) is 0 Å². The topological polar surface area (TPSA) is 90.9 Å². The van der Waals surface area contributed by atoms with Crippen LogP contribution in [0.15, 0.2) is 58.4 Å². The molecule has 40 heavy (non-hydrogen) atoms. The molecule has 2 bridgehead atoms. The Morgan fingerprint density at radius 2 is 1.80 bits per heavy atom. The minimum atomic E-state index is -4.38. The lowest BCUT2D eigenvalue weighted by Gasteiger charge is -2.73. The third kappa shape index (κ3) is 5.09. The van der Waals surface area contributed by atoms with Gasteiger partial charge in [0.2, 0.25) is 15.9 Å². The predicted molar refractivity (Wildman–Crippen MR) is 142 cm³/mol. The molecule has 2 aromatic carbocycles. The van der Waals surface area contributed by atoms with Crippen LogP contribution in [0.3, 0.4) is 0 Å². The minimum absolute atomic E-state index is 0.0110. The lowest BCUT2D eigenvalue weighted by molar-refractivity contribution is -0.151. The van der Waals surface area contributed by atoms with Crippen molar-refractivity contribution in [3.05, 3.63) is 64.9 Å². The summed E-state index contributed by atoms with van der Waals surface area (Å²) in [6.07, 6.45) is -4.16. The first-order valence-electron chi connectivity index (χ1n) is 12.8. The molecule has 0 unspecified atom stereocenters. The quantitative estimate of drug-likeness (QED) is 0.404. The van der Waals surface area contributed by atoms with Crippen molar-refractivity contribution in [3.8, 4) is 0 Å². The molecule has 0 spiro atoms. The molecular formula is C27H29ClF4N4O3S. The average Bonchev–Trinajstić information content (AvgIpc) is 3.13. The Kier molecular flexibility index (Phi) is 6.99. The van der Waals surface area contributed by atoms with Crippen LogP contribution in [0, 0.1) is 11.2 Å². The highest BCUT2D eigenvalue weighted by molar-refractivity contribution is 7.89. The Hall–Kier alpha value is -2.70. The molecule has 1 amide bonds. The number of sulfonamides is 1. The largest absolute Gasteiger partial charge is 0.390 e. The molecule has 3 fully saturated rings. The van der Waals surface area contributed by atoms with Crippen LogP contribution in [0.2, 0.25) is 5.02 Å². The average molecular weight is 601 g/mol. The number of alkyl halides is 3. The van der Waals surface area contributed by atoms with Crippen LogP contribution in [0.25, 0.3) is 0 Å². The number of rotatable bonds is 9. The van der Waals surface area contributed by atoms with Gasteiger partial charge in [0, 0.05) is 24.0 Å². The zero-order chi connectivity index (χ0) is 29.1. The summed E-state index contributed by atoms with van der Waals surface area (Å²) in [5.41, 5.74) is -1.47. The molecule has 1 aliphatic heterocycles. The second-order valence-electron chi connectivity index (χ2n) is 11.5. The van der Waals surface area contributed by atoms with E-state index in [1.807, 2.05) is 0 Å². The van der Waals surface area contributed by atoms with Crippen LogP contribution in [0.5, 0.6) is 0 Å². The van der Waals surface area contributed by atoms with Crippen LogP contribution in [0.4, 0.5) is 17.6 Å². The summed E-state index contributed by atoms with van der Waals surface area (Å²) < 4.78 is 80.5. The van der Waals surface area contributed by atoms with Crippen molar-refractivity contribution in [3.63, 3.8) is 0 Å². The van der Waals surface area contributed by atoms with Crippen molar-refractivity contribution in [2.75, 3.05) is 6.54 Å². The van der Waals surface area contributed by atoms with E-state index < -0.39 is 63.4 Å². The number of nitrogens with zero attached hydrogens (tertiary/aromatic N) is 2. The van der Waals surface area contributed by atoms with E-state index in [4.69, 9.17) is 11.6 Å². The van der Waals surface area contributed by atoms with Gasteiger partial charge in [-0.3, -0.25) is 9.79 Å². The highest BCUT2D eigenvalue weighted by Crippen LogP contribution is 2.71. The molecule has 1 heterocycles. The number of carbonyl (C=O) groups excluding carboxylic acids is 1. The van der Waals surface area contributed by atoms with E-state index in [1.54, 1.807) is 32.0 Å². The van der Waals surface area contributed by atoms with Crippen LogP contribution >= 0.6 is 11.6 Å². The third-order valence-electron chi connectivity index (χ3n) is 8.01. The van der Waals surface area contributed by atoms with E-state index in [9.17, 15) is 30.8 Å². The molecule has 0 saturated heterocycles. The number of carbonyl (C=O) groups is 1. The highest BCUT2D eigenvalue weighted by atomic mass is 35.5. The first kappa shape index (κ1) is 28.8. The molecule has 1 atom stereocenters. The number of amidine groups is 1. The van der Waals surface area contributed by atoms with E-state index in [1.165, 1.54) is 34.6 Å². The van der Waals surface area contributed by atoms with E-state index >= 15 is 0 Å². The number of amides is 1. The van der Waals surface area contributed by atoms with Gasteiger partial charge in [0.05, 0.1) is 21.9 Å². The van der Waals surface area contributed by atoms with Gasteiger partial charge in [0.1, 0.15) is 11.7 Å². The Morgan fingerprint density at radius 3 is 2.40 bits per heavy atom. The number of benzene rings is 2. The molecule has 13 heteroatoms. The summed E-state index contributed by atoms with van der Waals surface area (Å²) in [5.74, 6) is -0.631. The van der Waals surface area contributed by atoms with Gasteiger partial charge in [-0.25, -0.2) is 12.8 Å². The van der Waals surface area contributed by atoms with Gasteiger partial charge in [-0.05, 0) is 62.9 Å². The van der Waals surface area contributed by atoms with E-state index in [-0.39, 0.29) is 16.5 Å². The molecule has 3 saturated carbocycles. The zero-order valence-electron chi connectivity index (χ0n) is 21.9. The monoisotopic (exact) mass is 600 g/mol. The molecule has 0 radical (unpaired) electrons. The number of hydrogen-bond acceptors (Lipinski definition) is 5. The Bertz CT molecular complexity index is 1440. The third-order valence-corrected chi connectivity index (χ3v) is 10.3. The van der Waals surface area contributed by atoms with E-state index in [2.05, 4.69) is 15.6 Å². The highest BCUT2D eigenvalue weighted by Gasteiger charge is 2.75. The molecule has 2 N–H and O–H groups in total. The number of aliphatic imine (C=N–C) groups is 1. The summed E-state index contributed by atoms with van der Waals surface area (Å²) in [6, 6.07) is 11.2. The van der Waals surface area contributed by atoms with Crippen molar-refractivity contribution >= 4 is 33.4 Å². The maximum atomic E-state index is 13.8. The molecule has 2 aromatic rings. The van der Waals surface area contributed by atoms with Crippen molar-refractivity contribution in [2.24, 2.45) is 10.4 Å². The Labute approximate surface area is 235 Å². The van der Waals surface area contributed by atoms with Gasteiger partial charge in [0.15, 0.2) is 6.04 Å². The zero-order valence-corrected chi connectivity index (χ0v) is 23.4. The summed E-state index contributed by atoms with van der Waals surface area (Å²) in [6.45, 7) is 2.96. The van der Waals surface area contributed by atoms with Crippen molar-refractivity contribution < 1.29 is 30.8 Å². The molecule has 7 nitrogen and oxygen atoms in total. The second-order valence-corrected chi connectivity index (χ2v) is 13.8. The maximum Gasteiger partial charge on any atom is 0.390 e. The first-order chi connectivity index (χ1) is 18.6. The van der Waals surface area contributed by atoms with E-state index in [0.29, 0.717) is 30.7 Å². The summed E-state index contributed by atoms with van der Waals surface area (Å²) in [7, 11) is -3.94. The standard InChI is InChI=1S/C27H29ClF4N4O3S/c1-24(2)21(22(37)33-11-10-27(30,31)32)34-23(35-24)25-14-26(15-25,16-25)36(13-17-8-9-20(29)19(28)12-17)40(38,39)18-6-4-3-5-7-18/h3-9,12,21H,10-11,13-16H2,1-2H3,(H,33,37)(H,34,35)/t21-,25?,26?/m0/s1. The number of halogens is 5. The lowest BCUT2D eigenvalue weighted by Crippen LogP contribution is -2.78. The second kappa shape index (κ2) is 9.70. The molecule has 3 aliphatic carbocycles. The number of hydrogen-bond donors (Lipinski definition) is 2. The van der Waals surface area contributed by atoms with Gasteiger partial charge < -0.3 is 10.6 Å². The normalized spacial score (nSPS) is 26.9. The van der Waals surface area contributed by atoms with Gasteiger partial charge in [-0.15, -0.1) is 0 Å². The summed E-state index contributed by atoms with van der Waals surface area (Å²) in [4.78, 5) is 17.4. The Balaban J connectivity index is 1.36. The lowest BCUT2D eigenvalue weighted by atomic mass is 9.38. The molecular weight excluding hydrogens is 572 g/mol.